The van der Waals surface area contributed by atoms with Gasteiger partial charge in [0.25, 0.3) is 5.91 Å². The summed E-state index contributed by atoms with van der Waals surface area (Å²) < 4.78 is 11.7. The van der Waals surface area contributed by atoms with Crippen molar-refractivity contribution in [1.82, 2.24) is 0 Å². The molecule has 0 unspecified atom stereocenters. The largest absolute Gasteiger partial charge is 0.493 e. The number of unbranched alkanes of at least 4 members (excludes halogenated alkanes) is 3. The number of hydrogen-bond acceptors (Lipinski definition) is 6. The van der Waals surface area contributed by atoms with Crippen molar-refractivity contribution in [2.45, 2.75) is 32.6 Å². The van der Waals surface area contributed by atoms with Crippen molar-refractivity contribution in [3.8, 4) is 11.5 Å². The van der Waals surface area contributed by atoms with Gasteiger partial charge in [-0.1, -0.05) is 62.3 Å². The Bertz CT molecular complexity index is 1050. The van der Waals surface area contributed by atoms with Gasteiger partial charge in [0.15, 0.2) is 15.8 Å². The van der Waals surface area contributed by atoms with E-state index in [2.05, 4.69) is 6.92 Å². The number of ether oxygens (including phenoxy) is 2. The van der Waals surface area contributed by atoms with Gasteiger partial charge in [-0.2, -0.15) is 0 Å². The fourth-order valence-electron chi connectivity index (χ4n) is 3.22. The first-order chi connectivity index (χ1) is 15.4. The lowest BCUT2D eigenvalue weighted by atomic mass is 10.1. The van der Waals surface area contributed by atoms with Crippen LogP contribution < -0.4 is 14.4 Å². The molecule has 6 nitrogen and oxygen atoms in total. The van der Waals surface area contributed by atoms with E-state index in [1.54, 1.807) is 25.3 Å². The number of carbonyl (C=O) groups is 2. The lowest BCUT2D eigenvalue weighted by molar-refractivity contribution is -0.113. The summed E-state index contributed by atoms with van der Waals surface area (Å²) in [6.45, 7) is 2.80. The van der Waals surface area contributed by atoms with Crippen molar-refractivity contribution < 1.29 is 24.2 Å². The zero-order chi connectivity index (χ0) is 23.1. The van der Waals surface area contributed by atoms with Crippen molar-refractivity contribution in [2.75, 3.05) is 18.6 Å². The average molecular weight is 472 g/mol. The van der Waals surface area contributed by atoms with E-state index >= 15 is 0 Å². The van der Waals surface area contributed by atoms with Crippen LogP contribution in [-0.2, 0) is 4.79 Å². The fraction of sp³-hybridized carbons (Fsp3) is 0.292. The smallest absolute Gasteiger partial charge is 0.335 e. The third-order valence-corrected chi connectivity index (χ3v) is 6.19. The predicted molar refractivity (Wildman–Crippen MR) is 132 cm³/mol. The molecule has 1 amide bonds. The number of carbonyl (C=O) groups excluding carboxylic acids is 1. The number of thiocarbonyl (C=S) groups is 1. The SMILES string of the molecule is CCCCCCOc1ccc(/C=C2\SC(=S)N(c3cccc(C(=O)O)c3)C2=O)cc1OC. The number of methoxy groups -OCH3 is 1. The zero-order valence-electron chi connectivity index (χ0n) is 18.0. The summed E-state index contributed by atoms with van der Waals surface area (Å²) in [4.78, 5) is 26.1. The number of amides is 1. The molecule has 8 heteroatoms. The Balaban J connectivity index is 1.77. The molecule has 3 rings (SSSR count). The van der Waals surface area contributed by atoms with Crippen molar-refractivity contribution in [3.63, 3.8) is 0 Å². The van der Waals surface area contributed by atoms with Gasteiger partial charge in [-0.05, 0) is 48.4 Å². The van der Waals surface area contributed by atoms with Crippen LogP contribution >= 0.6 is 24.0 Å². The molecule has 0 bridgehead atoms. The van der Waals surface area contributed by atoms with E-state index in [-0.39, 0.29) is 11.5 Å². The Kier molecular flexibility index (Phi) is 8.30. The molecule has 0 spiro atoms. The third kappa shape index (κ3) is 5.69. The zero-order valence-corrected chi connectivity index (χ0v) is 19.6. The van der Waals surface area contributed by atoms with Gasteiger partial charge in [-0.15, -0.1) is 0 Å². The van der Waals surface area contributed by atoms with Gasteiger partial charge in [0, 0.05) is 0 Å². The standard InChI is InChI=1S/C24H25NO5S2/c1-3-4-5-6-12-30-19-11-10-16(13-20(19)29-2)14-21-22(26)25(24(31)32-21)18-9-7-8-17(15-18)23(27)28/h7-11,13-15H,3-6,12H2,1-2H3,(H,27,28)/b21-14-. The molecule has 1 aliphatic heterocycles. The molecule has 0 aromatic heterocycles. The quantitative estimate of drug-likeness (QED) is 0.268. The van der Waals surface area contributed by atoms with Gasteiger partial charge >= 0.3 is 5.97 Å². The topological polar surface area (TPSA) is 76.1 Å². The highest BCUT2D eigenvalue weighted by Gasteiger charge is 2.33. The van der Waals surface area contributed by atoms with Crippen molar-refractivity contribution in [3.05, 3.63) is 58.5 Å². The highest BCUT2D eigenvalue weighted by Crippen LogP contribution is 2.37. The van der Waals surface area contributed by atoms with Gasteiger partial charge in [0.2, 0.25) is 0 Å². The molecule has 32 heavy (non-hydrogen) atoms. The molecule has 1 saturated heterocycles. The lowest BCUT2D eigenvalue weighted by Crippen LogP contribution is -2.27. The van der Waals surface area contributed by atoms with Crippen LogP contribution in [0.2, 0.25) is 0 Å². The van der Waals surface area contributed by atoms with Crippen LogP contribution in [0.3, 0.4) is 0 Å². The molecule has 0 radical (unpaired) electrons. The normalized spacial score (nSPS) is 14.8. The summed E-state index contributed by atoms with van der Waals surface area (Å²) in [5.41, 5.74) is 1.30. The van der Waals surface area contributed by atoms with E-state index < -0.39 is 5.97 Å². The average Bonchev–Trinajstić information content (AvgIpc) is 3.06. The van der Waals surface area contributed by atoms with E-state index in [0.717, 1.165) is 18.4 Å². The Morgan fingerprint density at radius 1 is 1.16 bits per heavy atom. The lowest BCUT2D eigenvalue weighted by Gasteiger charge is -2.14. The number of aromatic carboxylic acids is 1. The Hall–Kier alpha value is -2.84. The summed E-state index contributed by atoms with van der Waals surface area (Å²) >= 11 is 6.56. The van der Waals surface area contributed by atoms with E-state index in [9.17, 15) is 14.7 Å². The van der Waals surface area contributed by atoms with Gasteiger partial charge in [-0.3, -0.25) is 9.69 Å². The maximum Gasteiger partial charge on any atom is 0.335 e. The minimum absolute atomic E-state index is 0.0931. The summed E-state index contributed by atoms with van der Waals surface area (Å²) in [6.07, 6.45) is 6.24. The van der Waals surface area contributed by atoms with Crippen LogP contribution in [0.4, 0.5) is 5.69 Å². The number of anilines is 1. The summed E-state index contributed by atoms with van der Waals surface area (Å²) in [6, 6.07) is 11.7. The summed E-state index contributed by atoms with van der Waals surface area (Å²) in [5, 5.41) is 9.22. The monoisotopic (exact) mass is 471 g/mol. The first-order valence-electron chi connectivity index (χ1n) is 10.4. The van der Waals surface area contributed by atoms with Gasteiger partial charge in [-0.25, -0.2) is 4.79 Å². The second-order valence-corrected chi connectivity index (χ2v) is 8.87. The molecule has 0 aliphatic carbocycles. The van der Waals surface area contributed by atoms with Crippen molar-refractivity contribution in [2.24, 2.45) is 0 Å². The van der Waals surface area contributed by atoms with Crippen LogP contribution in [0.25, 0.3) is 6.08 Å². The molecular formula is C24H25NO5S2. The number of thioether (sulfide) groups is 1. The van der Waals surface area contributed by atoms with Crippen LogP contribution in [0.5, 0.6) is 11.5 Å². The van der Waals surface area contributed by atoms with E-state index in [0.29, 0.717) is 33.0 Å². The summed E-state index contributed by atoms with van der Waals surface area (Å²) in [7, 11) is 1.58. The second kappa shape index (κ2) is 11.2. The Morgan fingerprint density at radius 2 is 1.97 bits per heavy atom. The van der Waals surface area contributed by atoms with Gasteiger partial charge < -0.3 is 14.6 Å². The summed E-state index contributed by atoms with van der Waals surface area (Å²) in [5.74, 6) is -0.0941. The molecule has 1 aliphatic rings. The molecule has 168 valence electrons. The molecule has 1 heterocycles. The number of rotatable bonds is 10. The highest BCUT2D eigenvalue weighted by molar-refractivity contribution is 8.27. The number of carboxylic acid groups (broad SMARTS) is 1. The first kappa shape index (κ1) is 23.8. The van der Waals surface area contributed by atoms with Gasteiger partial charge in [0.05, 0.1) is 29.9 Å². The van der Waals surface area contributed by atoms with Crippen LogP contribution in [0.1, 0.15) is 48.5 Å². The van der Waals surface area contributed by atoms with E-state index in [4.69, 9.17) is 21.7 Å². The molecular weight excluding hydrogens is 446 g/mol. The van der Waals surface area contributed by atoms with Crippen molar-refractivity contribution >= 4 is 51.9 Å². The minimum Gasteiger partial charge on any atom is -0.493 e. The van der Waals surface area contributed by atoms with Crippen LogP contribution in [0, 0.1) is 0 Å². The fourth-order valence-corrected chi connectivity index (χ4v) is 4.52. The number of nitrogens with zero attached hydrogens (tertiary/aromatic N) is 1. The van der Waals surface area contributed by atoms with E-state index in [1.807, 2.05) is 18.2 Å². The molecule has 2 aromatic carbocycles. The highest BCUT2D eigenvalue weighted by atomic mass is 32.2. The maximum absolute atomic E-state index is 13.0. The molecule has 2 aromatic rings. The number of hydrogen-bond donors (Lipinski definition) is 1. The molecule has 1 N–H and O–H groups in total. The number of benzene rings is 2. The van der Waals surface area contributed by atoms with E-state index in [1.165, 1.54) is 41.6 Å². The maximum atomic E-state index is 13.0. The minimum atomic E-state index is -1.06. The molecule has 0 saturated carbocycles. The molecule has 0 atom stereocenters. The Labute approximate surface area is 197 Å². The van der Waals surface area contributed by atoms with Crippen LogP contribution in [-0.4, -0.2) is 35.0 Å². The molecule has 1 fully saturated rings. The third-order valence-electron chi connectivity index (χ3n) is 4.89. The predicted octanol–water partition coefficient (Wildman–Crippen LogP) is 5.76. The van der Waals surface area contributed by atoms with Gasteiger partial charge in [0.1, 0.15) is 0 Å². The number of carboxylic acids is 1. The Morgan fingerprint density at radius 3 is 2.69 bits per heavy atom. The van der Waals surface area contributed by atoms with Crippen molar-refractivity contribution in [1.29, 1.82) is 0 Å². The first-order valence-corrected chi connectivity index (χ1v) is 11.6. The van der Waals surface area contributed by atoms with Crippen LogP contribution in [0.15, 0.2) is 47.4 Å². The second-order valence-electron chi connectivity index (χ2n) is 7.19.